The molecular formula is C22H43N3O3S. The topological polar surface area (TPSA) is 79.8 Å². The number of esters is 1. The Labute approximate surface area is 180 Å². The maximum Gasteiger partial charge on any atom is 0.306 e. The molecule has 1 aliphatic rings. The van der Waals surface area contributed by atoms with E-state index in [9.17, 15) is 9.00 Å². The summed E-state index contributed by atoms with van der Waals surface area (Å²) >= 11 is 0. The molecule has 0 amide bonds. The molecule has 0 radical (unpaired) electrons. The Balaban J connectivity index is 2.28. The smallest absolute Gasteiger partial charge is 0.306 e. The standard InChI is InChI=1S/C22H43N3O3S/c1-6-23-21(25-18-13-12-14-19(17-18)29(27)7-2)24-16-11-9-8-10-15-20(26)28-22(3,4)5/h18-19H,6-17H2,1-5H3,(H2,23,24,25). The highest BCUT2D eigenvalue weighted by Gasteiger charge is 2.26. The van der Waals surface area contributed by atoms with Gasteiger partial charge in [-0.05, 0) is 59.8 Å². The number of hydrogen-bond donors (Lipinski definition) is 2. The normalized spacial score (nSPS) is 21.5. The van der Waals surface area contributed by atoms with E-state index in [1.807, 2.05) is 27.7 Å². The van der Waals surface area contributed by atoms with Crippen molar-refractivity contribution in [3.8, 4) is 0 Å². The van der Waals surface area contributed by atoms with Crippen molar-refractivity contribution in [1.29, 1.82) is 0 Å². The Hall–Kier alpha value is -1.11. The van der Waals surface area contributed by atoms with Crippen molar-refractivity contribution in [3.63, 3.8) is 0 Å². The molecule has 0 bridgehead atoms. The maximum atomic E-state index is 12.1. The number of unbranched alkanes of at least 4 members (excludes halogenated alkanes) is 3. The van der Waals surface area contributed by atoms with E-state index < -0.39 is 16.4 Å². The van der Waals surface area contributed by atoms with Gasteiger partial charge in [0.1, 0.15) is 5.60 Å². The van der Waals surface area contributed by atoms with E-state index in [-0.39, 0.29) is 5.97 Å². The molecule has 170 valence electrons. The van der Waals surface area contributed by atoms with Crippen molar-refractivity contribution >= 4 is 22.7 Å². The summed E-state index contributed by atoms with van der Waals surface area (Å²) in [4.78, 5) is 16.4. The molecule has 0 aromatic rings. The van der Waals surface area contributed by atoms with E-state index in [0.29, 0.717) is 17.7 Å². The number of nitrogens with zero attached hydrogens (tertiary/aromatic N) is 1. The Morgan fingerprint density at radius 3 is 2.52 bits per heavy atom. The average Bonchev–Trinajstić information content (AvgIpc) is 2.65. The van der Waals surface area contributed by atoms with Crippen LogP contribution in [0, 0.1) is 0 Å². The molecular weight excluding hydrogens is 386 g/mol. The van der Waals surface area contributed by atoms with Gasteiger partial charge in [0.15, 0.2) is 5.96 Å². The monoisotopic (exact) mass is 429 g/mol. The second-order valence-corrected chi connectivity index (χ2v) is 10.8. The maximum absolute atomic E-state index is 12.1. The molecule has 1 rings (SSSR count). The van der Waals surface area contributed by atoms with Crippen molar-refractivity contribution in [2.75, 3.05) is 18.8 Å². The van der Waals surface area contributed by atoms with Gasteiger partial charge in [-0.25, -0.2) is 0 Å². The van der Waals surface area contributed by atoms with Crippen LogP contribution in [0.1, 0.15) is 92.4 Å². The first kappa shape index (κ1) is 25.9. The first-order valence-corrected chi connectivity index (χ1v) is 12.8. The van der Waals surface area contributed by atoms with Crippen LogP contribution in [0.25, 0.3) is 0 Å². The van der Waals surface area contributed by atoms with Crippen LogP contribution >= 0.6 is 0 Å². The van der Waals surface area contributed by atoms with E-state index in [1.165, 1.54) is 0 Å². The third-order valence-electron chi connectivity index (χ3n) is 4.95. The molecule has 0 aromatic carbocycles. The second kappa shape index (κ2) is 14.0. The van der Waals surface area contributed by atoms with Gasteiger partial charge in [0, 0.05) is 47.4 Å². The lowest BCUT2D eigenvalue weighted by Gasteiger charge is -2.30. The minimum Gasteiger partial charge on any atom is -0.460 e. The third-order valence-corrected chi connectivity index (χ3v) is 6.69. The molecule has 6 nitrogen and oxygen atoms in total. The molecule has 0 heterocycles. The number of rotatable bonds is 11. The zero-order valence-corrected chi connectivity index (χ0v) is 20.0. The summed E-state index contributed by atoms with van der Waals surface area (Å²) in [6.07, 6.45) is 8.75. The Morgan fingerprint density at radius 2 is 1.86 bits per heavy atom. The van der Waals surface area contributed by atoms with E-state index in [4.69, 9.17) is 9.73 Å². The molecule has 0 spiro atoms. The summed E-state index contributed by atoms with van der Waals surface area (Å²) in [5.41, 5.74) is -0.397. The number of carbonyl (C=O) groups is 1. The molecule has 29 heavy (non-hydrogen) atoms. The van der Waals surface area contributed by atoms with Gasteiger partial charge < -0.3 is 15.4 Å². The van der Waals surface area contributed by atoms with Crippen molar-refractivity contribution in [2.24, 2.45) is 4.99 Å². The number of aliphatic imine (C=N–C) groups is 1. The van der Waals surface area contributed by atoms with Gasteiger partial charge in [-0.2, -0.15) is 0 Å². The van der Waals surface area contributed by atoms with Gasteiger partial charge in [0.05, 0.1) is 0 Å². The fourth-order valence-electron chi connectivity index (χ4n) is 3.58. The number of hydrogen-bond acceptors (Lipinski definition) is 4. The minimum atomic E-state index is -0.705. The highest BCUT2D eigenvalue weighted by Crippen LogP contribution is 2.23. The first-order chi connectivity index (χ1) is 13.7. The largest absolute Gasteiger partial charge is 0.460 e. The number of guanidine groups is 1. The molecule has 0 aromatic heterocycles. The summed E-state index contributed by atoms with van der Waals surface area (Å²) in [5, 5.41) is 7.19. The van der Waals surface area contributed by atoms with Gasteiger partial charge in [0.2, 0.25) is 0 Å². The molecule has 7 heteroatoms. The average molecular weight is 430 g/mol. The van der Waals surface area contributed by atoms with Crippen LogP contribution in [-0.2, 0) is 20.3 Å². The summed E-state index contributed by atoms with van der Waals surface area (Å²) in [6.45, 7) is 11.4. The zero-order valence-electron chi connectivity index (χ0n) is 19.2. The minimum absolute atomic E-state index is 0.107. The molecule has 0 aliphatic heterocycles. The van der Waals surface area contributed by atoms with Crippen LogP contribution in [0.2, 0.25) is 0 Å². The fourth-order valence-corrected chi connectivity index (χ4v) is 4.93. The quantitative estimate of drug-likeness (QED) is 0.225. The molecule has 1 saturated carbocycles. The van der Waals surface area contributed by atoms with Crippen LogP contribution < -0.4 is 10.6 Å². The Bertz CT molecular complexity index is 532. The van der Waals surface area contributed by atoms with Gasteiger partial charge in [-0.1, -0.05) is 26.2 Å². The fraction of sp³-hybridized carbons (Fsp3) is 0.909. The van der Waals surface area contributed by atoms with E-state index in [2.05, 4.69) is 17.6 Å². The summed E-state index contributed by atoms with van der Waals surface area (Å²) in [6, 6.07) is 0.357. The Morgan fingerprint density at radius 1 is 1.14 bits per heavy atom. The number of carbonyl (C=O) groups excluding carboxylic acids is 1. The van der Waals surface area contributed by atoms with Crippen molar-refractivity contribution in [2.45, 2.75) is 109 Å². The van der Waals surface area contributed by atoms with Gasteiger partial charge >= 0.3 is 5.97 Å². The first-order valence-electron chi connectivity index (χ1n) is 11.4. The molecule has 0 saturated heterocycles. The predicted molar refractivity (Wildman–Crippen MR) is 123 cm³/mol. The van der Waals surface area contributed by atoms with Gasteiger partial charge in [-0.3, -0.25) is 14.0 Å². The van der Waals surface area contributed by atoms with Crippen LogP contribution in [0.3, 0.4) is 0 Å². The van der Waals surface area contributed by atoms with E-state index >= 15 is 0 Å². The van der Waals surface area contributed by atoms with E-state index in [1.54, 1.807) is 0 Å². The summed E-state index contributed by atoms with van der Waals surface area (Å²) in [5.74, 6) is 1.51. The molecule has 3 unspecified atom stereocenters. The predicted octanol–water partition coefficient (Wildman–Crippen LogP) is 3.91. The van der Waals surface area contributed by atoms with Crippen molar-refractivity contribution < 1.29 is 13.7 Å². The van der Waals surface area contributed by atoms with Gasteiger partial charge in [-0.15, -0.1) is 0 Å². The molecule has 2 N–H and O–H groups in total. The van der Waals surface area contributed by atoms with Crippen molar-refractivity contribution in [3.05, 3.63) is 0 Å². The molecule has 1 fully saturated rings. The Kier molecular flexibility index (Phi) is 12.5. The second-order valence-electron chi connectivity index (χ2n) is 8.81. The summed E-state index contributed by atoms with van der Waals surface area (Å²) in [7, 11) is -0.705. The SMILES string of the molecule is CCNC(=NCCCCCCC(=O)OC(C)(C)C)NC1CCCC(S(=O)CC)C1. The number of nitrogens with one attached hydrogen (secondary N) is 2. The third kappa shape index (κ3) is 12.2. The van der Waals surface area contributed by atoms with E-state index in [0.717, 1.165) is 76.2 Å². The van der Waals surface area contributed by atoms with Gasteiger partial charge in [0.25, 0.3) is 0 Å². The van der Waals surface area contributed by atoms with Crippen LogP contribution in [-0.4, -0.2) is 51.9 Å². The molecule has 1 aliphatic carbocycles. The van der Waals surface area contributed by atoms with Crippen LogP contribution in [0.15, 0.2) is 4.99 Å². The highest BCUT2D eigenvalue weighted by molar-refractivity contribution is 7.85. The zero-order chi connectivity index (χ0) is 21.7. The summed E-state index contributed by atoms with van der Waals surface area (Å²) < 4.78 is 17.5. The molecule has 3 atom stereocenters. The number of ether oxygens (including phenoxy) is 1. The van der Waals surface area contributed by atoms with Crippen LogP contribution in [0.5, 0.6) is 0 Å². The lowest BCUT2D eigenvalue weighted by molar-refractivity contribution is -0.154. The van der Waals surface area contributed by atoms with Crippen molar-refractivity contribution in [1.82, 2.24) is 10.6 Å². The van der Waals surface area contributed by atoms with Crippen LogP contribution in [0.4, 0.5) is 0 Å². The lowest BCUT2D eigenvalue weighted by Crippen LogP contribution is -2.46. The lowest BCUT2D eigenvalue weighted by atomic mass is 9.95. The highest BCUT2D eigenvalue weighted by atomic mass is 32.2.